The van der Waals surface area contributed by atoms with Gasteiger partial charge in [0.25, 0.3) is 0 Å². The number of hydrogen-bond donors (Lipinski definition) is 0. The zero-order chi connectivity index (χ0) is 15.1. The number of hydrogen-bond acceptors (Lipinski definition) is 5. The van der Waals surface area contributed by atoms with Crippen LogP contribution in [0.5, 0.6) is 11.5 Å². The maximum absolute atomic E-state index is 9.27. The van der Waals surface area contributed by atoms with E-state index in [1.54, 1.807) is 18.9 Å². The molecule has 0 aliphatic carbocycles. The molecular weight excluding hydrogens is 284 g/mol. The average Bonchev–Trinajstić information content (AvgIpc) is 2.56. The van der Waals surface area contributed by atoms with Crippen LogP contribution < -0.4 is 9.47 Å². The van der Waals surface area contributed by atoms with E-state index in [4.69, 9.17) is 9.47 Å². The van der Waals surface area contributed by atoms with E-state index in [9.17, 15) is 5.26 Å². The van der Waals surface area contributed by atoms with E-state index in [1.807, 2.05) is 30.5 Å². The highest BCUT2D eigenvalue weighted by molar-refractivity contribution is 8.00. The number of likely N-dealkylation sites (tertiary alicyclic amines) is 1. The molecule has 0 atom stereocenters. The van der Waals surface area contributed by atoms with Gasteiger partial charge in [0.15, 0.2) is 0 Å². The molecule has 0 unspecified atom stereocenters. The predicted octanol–water partition coefficient (Wildman–Crippen LogP) is 2.80. The highest BCUT2D eigenvalue weighted by Crippen LogP contribution is 2.33. The van der Waals surface area contributed by atoms with E-state index in [0.717, 1.165) is 44.0 Å². The van der Waals surface area contributed by atoms with Crippen molar-refractivity contribution in [3.05, 3.63) is 24.3 Å². The molecule has 0 N–H and O–H groups in total. The van der Waals surface area contributed by atoms with Crippen LogP contribution in [0.2, 0.25) is 0 Å². The molecule has 0 amide bonds. The number of ether oxygens (including phenoxy) is 2. The van der Waals surface area contributed by atoms with Gasteiger partial charge in [0, 0.05) is 19.6 Å². The average molecular weight is 306 g/mol. The number of methoxy groups -OCH3 is 1. The minimum Gasteiger partial charge on any atom is -0.497 e. The molecule has 2 rings (SSSR count). The van der Waals surface area contributed by atoms with Crippen LogP contribution in [0.1, 0.15) is 12.8 Å². The molecule has 0 bridgehead atoms. The zero-order valence-electron chi connectivity index (χ0n) is 12.7. The highest BCUT2D eigenvalue weighted by Gasteiger charge is 2.33. The fraction of sp³-hybridized carbons (Fsp3) is 0.562. The van der Waals surface area contributed by atoms with Gasteiger partial charge in [-0.05, 0) is 43.4 Å². The van der Waals surface area contributed by atoms with Crippen molar-refractivity contribution in [2.45, 2.75) is 17.6 Å². The maximum atomic E-state index is 9.27. The topological polar surface area (TPSA) is 45.5 Å². The van der Waals surface area contributed by atoms with Gasteiger partial charge in [-0.1, -0.05) is 0 Å². The van der Waals surface area contributed by atoms with Crippen molar-refractivity contribution in [3.63, 3.8) is 0 Å². The third-order valence-electron chi connectivity index (χ3n) is 3.99. The lowest BCUT2D eigenvalue weighted by atomic mass is 9.97. The van der Waals surface area contributed by atoms with Crippen LogP contribution in [-0.4, -0.2) is 49.3 Å². The van der Waals surface area contributed by atoms with Crippen LogP contribution in [0.3, 0.4) is 0 Å². The molecule has 0 spiro atoms. The molecule has 1 aromatic rings. The molecule has 1 aliphatic heterocycles. The van der Waals surface area contributed by atoms with Gasteiger partial charge in [0.2, 0.25) is 0 Å². The van der Waals surface area contributed by atoms with Crippen LogP contribution >= 0.6 is 11.8 Å². The molecular formula is C16H22N2O2S. The third-order valence-corrected chi connectivity index (χ3v) is 5.27. The van der Waals surface area contributed by atoms with Gasteiger partial charge >= 0.3 is 0 Å². The first-order chi connectivity index (χ1) is 10.2. The first-order valence-electron chi connectivity index (χ1n) is 7.17. The molecule has 5 heteroatoms. The summed E-state index contributed by atoms with van der Waals surface area (Å²) in [5.41, 5.74) is 0. The quantitative estimate of drug-likeness (QED) is 0.808. The Morgan fingerprint density at radius 2 is 1.86 bits per heavy atom. The van der Waals surface area contributed by atoms with Gasteiger partial charge < -0.3 is 9.47 Å². The van der Waals surface area contributed by atoms with Crippen molar-refractivity contribution in [3.8, 4) is 17.6 Å². The Hall–Kier alpha value is -1.38. The van der Waals surface area contributed by atoms with Crippen molar-refractivity contribution >= 4 is 11.8 Å². The molecule has 0 radical (unpaired) electrons. The first-order valence-corrected chi connectivity index (χ1v) is 8.39. The fourth-order valence-electron chi connectivity index (χ4n) is 2.46. The normalized spacial score (nSPS) is 18.0. The molecule has 21 heavy (non-hydrogen) atoms. The summed E-state index contributed by atoms with van der Waals surface area (Å²) in [6, 6.07) is 10.1. The number of benzene rings is 1. The van der Waals surface area contributed by atoms with Crippen molar-refractivity contribution in [2.24, 2.45) is 0 Å². The number of piperidine rings is 1. The third kappa shape index (κ3) is 4.29. The first kappa shape index (κ1) is 16.0. The zero-order valence-corrected chi connectivity index (χ0v) is 13.5. The van der Waals surface area contributed by atoms with E-state index in [0.29, 0.717) is 6.61 Å². The Bertz CT molecular complexity index is 476. The minimum absolute atomic E-state index is 0.173. The Labute approximate surface area is 131 Å². The minimum atomic E-state index is -0.173. The monoisotopic (exact) mass is 306 g/mol. The highest BCUT2D eigenvalue weighted by atomic mass is 32.2. The van der Waals surface area contributed by atoms with Gasteiger partial charge in [0.05, 0.1) is 13.2 Å². The second-order valence-corrected chi connectivity index (χ2v) is 6.37. The molecule has 4 nitrogen and oxygen atoms in total. The second kappa shape index (κ2) is 7.58. The standard InChI is InChI=1S/C16H22N2O2S/c1-19-14-3-5-15(6-4-14)20-12-11-18-9-7-16(13-17,21-2)8-10-18/h3-6H,7-12H2,1-2H3. The van der Waals surface area contributed by atoms with Gasteiger partial charge in [-0.25, -0.2) is 0 Å². The summed E-state index contributed by atoms with van der Waals surface area (Å²) >= 11 is 1.69. The summed E-state index contributed by atoms with van der Waals surface area (Å²) in [4.78, 5) is 2.37. The number of thioether (sulfide) groups is 1. The maximum Gasteiger partial charge on any atom is 0.119 e. The summed E-state index contributed by atoms with van der Waals surface area (Å²) in [6.45, 7) is 3.52. The largest absolute Gasteiger partial charge is 0.497 e. The predicted molar refractivity (Wildman–Crippen MR) is 86.0 cm³/mol. The summed E-state index contributed by atoms with van der Waals surface area (Å²) in [7, 11) is 1.65. The number of nitriles is 1. The van der Waals surface area contributed by atoms with Gasteiger partial charge in [-0.2, -0.15) is 5.26 Å². The summed E-state index contributed by atoms with van der Waals surface area (Å²) < 4.78 is 10.7. The fourth-order valence-corrected chi connectivity index (χ4v) is 3.15. The van der Waals surface area contributed by atoms with Gasteiger partial charge in [0.1, 0.15) is 22.9 Å². The van der Waals surface area contributed by atoms with Crippen molar-refractivity contribution in [1.82, 2.24) is 4.90 Å². The summed E-state index contributed by atoms with van der Waals surface area (Å²) in [5, 5.41) is 9.27. The molecule has 1 fully saturated rings. The Morgan fingerprint density at radius 1 is 1.24 bits per heavy atom. The van der Waals surface area contributed by atoms with E-state index < -0.39 is 0 Å². The van der Waals surface area contributed by atoms with Crippen LogP contribution in [0, 0.1) is 11.3 Å². The number of rotatable bonds is 6. The van der Waals surface area contributed by atoms with Gasteiger partial charge in [-0.3, -0.25) is 4.90 Å². The van der Waals surface area contributed by atoms with Gasteiger partial charge in [-0.15, -0.1) is 11.8 Å². The lowest BCUT2D eigenvalue weighted by Gasteiger charge is -2.36. The van der Waals surface area contributed by atoms with E-state index in [-0.39, 0.29) is 4.75 Å². The second-order valence-electron chi connectivity index (χ2n) is 5.18. The number of nitrogens with zero attached hydrogens (tertiary/aromatic N) is 2. The smallest absolute Gasteiger partial charge is 0.119 e. The molecule has 1 heterocycles. The van der Waals surface area contributed by atoms with Crippen molar-refractivity contribution in [1.29, 1.82) is 5.26 Å². The lowest BCUT2D eigenvalue weighted by molar-refractivity contribution is 0.176. The Balaban J connectivity index is 1.71. The molecule has 0 saturated carbocycles. The Morgan fingerprint density at radius 3 is 2.38 bits per heavy atom. The van der Waals surface area contributed by atoms with E-state index in [1.165, 1.54) is 0 Å². The van der Waals surface area contributed by atoms with Crippen LogP contribution in [0.15, 0.2) is 24.3 Å². The van der Waals surface area contributed by atoms with Crippen molar-refractivity contribution in [2.75, 3.05) is 39.6 Å². The molecule has 114 valence electrons. The Kier molecular flexibility index (Phi) is 5.77. The molecule has 1 aliphatic rings. The SMILES string of the molecule is COc1ccc(OCCN2CCC(C#N)(SC)CC2)cc1. The lowest BCUT2D eigenvalue weighted by Crippen LogP contribution is -2.43. The van der Waals surface area contributed by atoms with Crippen molar-refractivity contribution < 1.29 is 9.47 Å². The summed E-state index contributed by atoms with van der Waals surface area (Å²) in [6.07, 6.45) is 3.91. The van der Waals surface area contributed by atoms with Crippen LogP contribution in [0.4, 0.5) is 0 Å². The van der Waals surface area contributed by atoms with E-state index in [2.05, 4.69) is 11.0 Å². The molecule has 0 aromatic heterocycles. The summed E-state index contributed by atoms with van der Waals surface area (Å²) in [5.74, 6) is 1.70. The van der Waals surface area contributed by atoms with Crippen LogP contribution in [-0.2, 0) is 0 Å². The van der Waals surface area contributed by atoms with E-state index >= 15 is 0 Å². The van der Waals surface area contributed by atoms with Crippen LogP contribution in [0.25, 0.3) is 0 Å². The molecule has 1 aromatic carbocycles. The molecule has 1 saturated heterocycles.